The van der Waals surface area contributed by atoms with E-state index < -0.39 is 0 Å². The number of para-hydroxylation sites is 1. The number of aromatic nitrogens is 2. The van der Waals surface area contributed by atoms with Crippen LogP contribution in [0.2, 0.25) is 0 Å². The molecule has 1 aromatic carbocycles. The second kappa shape index (κ2) is 5.87. The molecule has 0 saturated carbocycles. The standard InChI is InChI=1S/C17H17N3O3/c21-17(12-3-1-5-15-16(12)23-10-9-22-15)20-8-2-4-14(20)13-11-18-6-7-19-13/h1,3,5-7,11,14H,2,4,8-10H2/t14-/m0/s1. The summed E-state index contributed by atoms with van der Waals surface area (Å²) in [5.74, 6) is 1.14. The fourth-order valence-electron chi connectivity index (χ4n) is 3.20. The molecule has 4 rings (SSSR count). The van der Waals surface area contributed by atoms with Crippen LogP contribution < -0.4 is 9.47 Å². The average Bonchev–Trinajstić information content (AvgIpc) is 3.11. The molecule has 1 aromatic heterocycles. The molecule has 0 radical (unpaired) electrons. The normalized spacial score (nSPS) is 19.7. The monoisotopic (exact) mass is 311 g/mol. The molecule has 2 aromatic rings. The first-order chi connectivity index (χ1) is 11.3. The quantitative estimate of drug-likeness (QED) is 0.851. The third kappa shape index (κ3) is 2.50. The van der Waals surface area contributed by atoms with Gasteiger partial charge in [-0.3, -0.25) is 14.8 Å². The summed E-state index contributed by atoms with van der Waals surface area (Å²) in [6, 6.07) is 5.42. The van der Waals surface area contributed by atoms with Crippen molar-refractivity contribution < 1.29 is 14.3 Å². The second-order valence-electron chi connectivity index (χ2n) is 5.62. The molecule has 0 bridgehead atoms. The first-order valence-electron chi connectivity index (χ1n) is 7.80. The van der Waals surface area contributed by atoms with Crippen molar-refractivity contribution in [3.63, 3.8) is 0 Å². The Morgan fingerprint density at radius 3 is 3.00 bits per heavy atom. The summed E-state index contributed by atoms with van der Waals surface area (Å²) in [7, 11) is 0. The van der Waals surface area contributed by atoms with Gasteiger partial charge >= 0.3 is 0 Å². The maximum atomic E-state index is 13.0. The van der Waals surface area contributed by atoms with Crippen molar-refractivity contribution in [3.8, 4) is 11.5 Å². The molecule has 1 fully saturated rings. The Bertz CT molecular complexity index is 720. The topological polar surface area (TPSA) is 64.6 Å². The minimum atomic E-state index is -0.0412. The number of rotatable bonds is 2. The van der Waals surface area contributed by atoms with Crippen LogP contribution >= 0.6 is 0 Å². The molecule has 0 aliphatic carbocycles. The second-order valence-corrected chi connectivity index (χ2v) is 5.62. The van der Waals surface area contributed by atoms with Gasteiger partial charge in [-0.2, -0.15) is 0 Å². The number of likely N-dealkylation sites (tertiary alicyclic amines) is 1. The summed E-state index contributed by atoms with van der Waals surface area (Å²) in [6.07, 6.45) is 6.90. The summed E-state index contributed by atoms with van der Waals surface area (Å²) in [6.45, 7) is 1.69. The highest BCUT2D eigenvalue weighted by Crippen LogP contribution is 2.37. The molecule has 6 nitrogen and oxygen atoms in total. The number of carbonyl (C=O) groups is 1. The van der Waals surface area contributed by atoms with Crippen LogP contribution in [0.25, 0.3) is 0 Å². The highest BCUT2D eigenvalue weighted by molar-refractivity contribution is 5.98. The van der Waals surface area contributed by atoms with Gasteiger partial charge in [-0.05, 0) is 25.0 Å². The van der Waals surface area contributed by atoms with Gasteiger partial charge in [-0.25, -0.2) is 0 Å². The molecule has 0 unspecified atom stereocenters. The Hall–Kier alpha value is -2.63. The molecule has 6 heteroatoms. The summed E-state index contributed by atoms with van der Waals surface area (Å²) in [4.78, 5) is 23.4. The number of carbonyl (C=O) groups excluding carboxylic acids is 1. The van der Waals surface area contributed by atoms with E-state index in [0.717, 1.165) is 18.5 Å². The number of hydrogen-bond acceptors (Lipinski definition) is 5. The van der Waals surface area contributed by atoms with E-state index in [0.29, 0.717) is 36.8 Å². The maximum absolute atomic E-state index is 13.0. The van der Waals surface area contributed by atoms with Gasteiger partial charge in [0, 0.05) is 18.9 Å². The lowest BCUT2D eigenvalue weighted by molar-refractivity contribution is 0.0722. The Morgan fingerprint density at radius 2 is 2.13 bits per heavy atom. The van der Waals surface area contributed by atoms with Crippen LogP contribution in [0.3, 0.4) is 0 Å². The molecule has 3 heterocycles. The summed E-state index contributed by atoms with van der Waals surface area (Å²) in [5.41, 5.74) is 1.39. The SMILES string of the molecule is O=C(c1cccc2c1OCCO2)N1CCC[C@H]1c1cnccn1. The molecule has 1 atom stereocenters. The Labute approximate surface area is 134 Å². The van der Waals surface area contributed by atoms with E-state index in [2.05, 4.69) is 9.97 Å². The van der Waals surface area contributed by atoms with E-state index in [4.69, 9.17) is 9.47 Å². The third-order valence-electron chi connectivity index (χ3n) is 4.23. The first-order valence-corrected chi connectivity index (χ1v) is 7.80. The van der Waals surface area contributed by atoms with E-state index in [-0.39, 0.29) is 11.9 Å². The number of amides is 1. The van der Waals surface area contributed by atoms with Gasteiger partial charge < -0.3 is 14.4 Å². The van der Waals surface area contributed by atoms with Crippen molar-refractivity contribution in [2.24, 2.45) is 0 Å². The fourth-order valence-corrected chi connectivity index (χ4v) is 3.20. The molecule has 1 saturated heterocycles. The lowest BCUT2D eigenvalue weighted by Gasteiger charge is -2.26. The van der Waals surface area contributed by atoms with Gasteiger partial charge in [0.1, 0.15) is 13.2 Å². The first kappa shape index (κ1) is 14.0. The van der Waals surface area contributed by atoms with E-state index in [1.807, 2.05) is 17.0 Å². The zero-order valence-electron chi connectivity index (χ0n) is 12.6. The Balaban J connectivity index is 1.66. The predicted molar refractivity (Wildman–Crippen MR) is 82.5 cm³/mol. The summed E-state index contributed by atoms with van der Waals surface area (Å²) in [5, 5.41) is 0. The number of benzene rings is 1. The van der Waals surface area contributed by atoms with Crippen molar-refractivity contribution in [2.45, 2.75) is 18.9 Å². The highest BCUT2D eigenvalue weighted by Gasteiger charge is 2.33. The van der Waals surface area contributed by atoms with Crippen LogP contribution in [0.5, 0.6) is 11.5 Å². The number of fused-ring (bicyclic) bond motifs is 1. The van der Waals surface area contributed by atoms with Gasteiger partial charge in [-0.1, -0.05) is 6.07 Å². The number of nitrogens with zero attached hydrogens (tertiary/aromatic N) is 3. The van der Waals surface area contributed by atoms with E-state index in [1.165, 1.54) is 0 Å². The Kier molecular flexibility index (Phi) is 3.57. The zero-order chi connectivity index (χ0) is 15.6. The van der Waals surface area contributed by atoms with Crippen LogP contribution in [-0.4, -0.2) is 40.5 Å². The largest absolute Gasteiger partial charge is 0.486 e. The van der Waals surface area contributed by atoms with Crippen LogP contribution in [0.15, 0.2) is 36.8 Å². The highest BCUT2D eigenvalue weighted by atomic mass is 16.6. The van der Waals surface area contributed by atoms with Crippen LogP contribution in [0.4, 0.5) is 0 Å². The fraction of sp³-hybridized carbons (Fsp3) is 0.353. The van der Waals surface area contributed by atoms with E-state index in [1.54, 1.807) is 24.7 Å². The molecular formula is C17H17N3O3. The summed E-state index contributed by atoms with van der Waals surface area (Å²) >= 11 is 0. The van der Waals surface area contributed by atoms with Gasteiger partial charge in [-0.15, -0.1) is 0 Å². The van der Waals surface area contributed by atoms with Crippen LogP contribution in [0, 0.1) is 0 Å². The average molecular weight is 311 g/mol. The zero-order valence-corrected chi connectivity index (χ0v) is 12.6. The molecule has 2 aliphatic rings. The lowest BCUT2D eigenvalue weighted by Crippen LogP contribution is -2.32. The third-order valence-corrected chi connectivity index (χ3v) is 4.23. The predicted octanol–water partition coefficient (Wildman–Crippen LogP) is 2.23. The molecule has 1 amide bonds. The maximum Gasteiger partial charge on any atom is 0.258 e. The molecule has 118 valence electrons. The van der Waals surface area contributed by atoms with Gasteiger partial charge in [0.05, 0.1) is 23.5 Å². The van der Waals surface area contributed by atoms with Gasteiger partial charge in [0.15, 0.2) is 11.5 Å². The Morgan fingerprint density at radius 1 is 1.22 bits per heavy atom. The van der Waals surface area contributed by atoms with Gasteiger partial charge in [0.2, 0.25) is 0 Å². The van der Waals surface area contributed by atoms with Crippen molar-refractivity contribution >= 4 is 5.91 Å². The molecule has 0 N–H and O–H groups in total. The van der Waals surface area contributed by atoms with Crippen molar-refractivity contribution in [3.05, 3.63) is 48.0 Å². The minimum Gasteiger partial charge on any atom is -0.486 e. The minimum absolute atomic E-state index is 0.0310. The van der Waals surface area contributed by atoms with E-state index in [9.17, 15) is 4.79 Å². The molecular weight excluding hydrogens is 294 g/mol. The van der Waals surface area contributed by atoms with Crippen molar-refractivity contribution in [1.82, 2.24) is 14.9 Å². The lowest BCUT2D eigenvalue weighted by atomic mass is 10.1. The smallest absolute Gasteiger partial charge is 0.258 e. The number of ether oxygens (including phenoxy) is 2. The number of hydrogen-bond donors (Lipinski definition) is 0. The van der Waals surface area contributed by atoms with Crippen molar-refractivity contribution in [1.29, 1.82) is 0 Å². The van der Waals surface area contributed by atoms with Crippen molar-refractivity contribution in [2.75, 3.05) is 19.8 Å². The molecule has 2 aliphatic heterocycles. The van der Waals surface area contributed by atoms with Gasteiger partial charge in [0.25, 0.3) is 5.91 Å². The van der Waals surface area contributed by atoms with Crippen LogP contribution in [-0.2, 0) is 0 Å². The molecule has 23 heavy (non-hydrogen) atoms. The summed E-state index contributed by atoms with van der Waals surface area (Å²) < 4.78 is 11.2. The molecule has 0 spiro atoms. The van der Waals surface area contributed by atoms with Crippen LogP contribution in [0.1, 0.15) is 34.9 Å². The van der Waals surface area contributed by atoms with E-state index >= 15 is 0 Å².